The topological polar surface area (TPSA) is 78.5 Å². The third-order valence-corrected chi connectivity index (χ3v) is 4.29. The van der Waals surface area contributed by atoms with Crippen LogP contribution in [0.3, 0.4) is 0 Å². The van der Waals surface area contributed by atoms with Gasteiger partial charge in [-0.2, -0.15) is 0 Å². The molecule has 3 rings (SSSR count). The number of benzene rings is 1. The molecule has 2 aliphatic rings. The molecule has 6 nitrogen and oxygen atoms in total. The average molecular weight is 301 g/mol. The van der Waals surface area contributed by atoms with Crippen molar-refractivity contribution in [3.05, 3.63) is 29.3 Å². The lowest BCUT2D eigenvalue weighted by Gasteiger charge is -2.25. The van der Waals surface area contributed by atoms with E-state index in [1.807, 2.05) is 12.1 Å². The van der Waals surface area contributed by atoms with Gasteiger partial charge in [-0.25, -0.2) is 0 Å². The number of rotatable bonds is 2. The molecular weight excluding hydrogens is 282 g/mol. The van der Waals surface area contributed by atoms with Gasteiger partial charge in [0.25, 0.3) is 5.91 Å². The molecule has 0 radical (unpaired) electrons. The van der Waals surface area contributed by atoms with Crippen LogP contribution in [0.15, 0.2) is 18.2 Å². The molecular formula is C16H19N3O3. The maximum absolute atomic E-state index is 12.2. The summed E-state index contributed by atoms with van der Waals surface area (Å²) >= 11 is 0. The Morgan fingerprint density at radius 2 is 2.18 bits per heavy atom. The third-order valence-electron chi connectivity index (χ3n) is 4.29. The molecule has 116 valence electrons. The summed E-state index contributed by atoms with van der Waals surface area (Å²) in [6.45, 7) is 1.25. The van der Waals surface area contributed by atoms with Crippen molar-refractivity contribution in [3.8, 4) is 0 Å². The van der Waals surface area contributed by atoms with E-state index in [4.69, 9.17) is 0 Å². The molecule has 3 amide bonds. The van der Waals surface area contributed by atoms with Gasteiger partial charge in [0.05, 0.1) is 0 Å². The summed E-state index contributed by atoms with van der Waals surface area (Å²) in [4.78, 5) is 37.4. The zero-order chi connectivity index (χ0) is 15.7. The van der Waals surface area contributed by atoms with Crippen molar-refractivity contribution < 1.29 is 14.4 Å². The summed E-state index contributed by atoms with van der Waals surface area (Å²) in [5.41, 5.74) is 2.27. The molecule has 1 aromatic carbocycles. The smallest absolute Gasteiger partial charge is 0.253 e. The predicted octanol–water partition coefficient (Wildman–Crippen LogP) is 0.779. The molecule has 6 heteroatoms. The molecule has 1 saturated heterocycles. The molecule has 0 saturated carbocycles. The standard InChI is InChI=1S/C16H19N3O3/c1-19-7-5-10-2-3-12(9-13(10)16(19)22)18-15(21)11-4-6-17-14(20)8-11/h2-3,9,11H,4-8H2,1H3,(H,17,20)(H,18,21). The lowest BCUT2D eigenvalue weighted by Crippen LogP contribution is -2.38. The number of carbonyl (C=O) groups is 3. The Morgan fingerprint density at radius 1 is 1.36 bits per heavy atom. The van der Waals surface area contributed by atoms with E-state index in [1.165, 1.54) is 0 Å². The largest absolute Gasteiger partial charge is 0.356 e. The zero-order valence-electron chi connectivity index (χ0n) is 12.5. The highest BCUT2D eigenvalue weighted by atomic mass is 16.2. The molecule has 0 spiro atoms. The number of carbonyl (C=O) groups excluding carboxylic acids is 3. The molecule has 2 N–H and O–H groups in total. The van der Waals surface area contributed by atoms with Gasteiger partial charge in [-0.05, 0) is 30.5 Å². The number of amides is 3. The summed E-state index contributed by atoms with van der Waals surface area (Å²) in [5, 5.41) is 5.54. The maximum atomic E-state index is 12.2. The third kappa shape index (κ3) is 2.81. The zero-order valence-corrected chi connectivity index (χ0v) is 12.5. The number of anilines is 1. The van der Waals surface area contributed by atoms with Gasteiger partial charge in [-0.3, -0.25) is 14.4 Å². The van der Waals surface area contributed by atoms with Crippen molar-refractivity contribution in [2.24, 2.45) is 5.92 Å². The van der Waals surface area contributed by atoms with Crippen LogP contribution in [0.1, 0.15) is 28.8 Å². The van der Waals surface area contributed by atoms with Crippen LogP contribution < -0.4 is 10.6 Å². The molecule has 1 unspecified atom stereocenters. The molecule has 2 aliphatic heterocycles. The number of fused-ring (bicyclic) bond motifs is 1. The second-order valence-electron chi connectivity index (χ2n) is 5.88. The van der Waals surface area contributed by atoms with Gasteiger partial charge in [-0.15, -0.1) is 0 Å². The van der Waals surface area contributed by atoms with Crippen molar-refractivity contribution >= 4 is 23.4 Å². The number of likely N-dealkylation sites (N-methyl/N-ethyl adjacent to an activating group) is 1. The van der Waals surface area contributed by atoms with Crippen molar-refractivity contribution in [2.45, 2.75) is 19.3 Å². The molecule has 1 aromatic rings. The minimum atomic E-state index is -0.303. The predicted molar refractivity (Wildman–Crippen MR) is 81.5 cm³/mol. The highest BCUT2D eigenvalue weighted by Crippen LogP contribution is 2.23. The van der Waals surface area contributed by atoms with Crippen LogP contribution in [0.2, 0.25) is 0 Å². The summed E-state index contributed by atoms with van der Waals surface area (Å²) in [5.74, 6) is -0.572. The maximum Gasteiger partial charge on any atom is 0.253 e. The monoisotopic (exact) mass is 301 g/mol. The second-order valence-corrected chi connectivity index (χ2v) is 5.88. The fraction of sp³-hybridized carbons (Fsp3) is 0.438. The summed E-state index contributed by atoms with van der Waals surface area (Å²) in [7, 11) is 1.77. The van der Waals surface area contributed by atoms with E-state index in [2.05, 4.69) is 10.6 Å². The van der Waals surface area contributed by atoms with Crippen molar-refractivity contribution in [2.75, 3.05) is 25.5 Å². The minimum absolute atomic E-state index is 0.0191. The number of hydrogen-bond acceptors (Lipinski definition) is 3. The van der Waals surface area contributed by atoms with E-state index in [-0.39, 0.29) is 30.1 Å². The second kappa shape index (κ2) is 5.79. The van der Waals surface area contributed by atoms with Crippen LogP contribution in [0, 0.1) is 5.92 Å². The summed E-state index contributed by atoms with van der Waals surface area (Å²) < 4.78 is 0. The number of hydrogen-bond donors (Lipinski definition) is 2. The van der Waals surface area contributed by atoms with Gasteiger partial charge >= 0.3 is 0 Å². The van der Waals surface area contributed by atoms with Gasteiger partial charge in [-0.1, -0.05) is 6.07 Å². The van der Waals surface area contributed by atoms with Gasteiger partial charge in [0.15, 0.2) is 0 Å². The average Bonchev–Trinajstić information content (AvgIpc) is 2.51. The molecule has 22 heavy (non-hydrogen) atoms. The van der Waals surface area contributed by atoms with Crippen LogP contribution in [0.5, 0.6) is 0 Å². The Labute approximate surface area is 128 Å². The molecule has 2 heterocycles. The van der Waals surface area contributed by atoms with Crippen molar-refractivity contribution in [1.82, 2.24) is 10.2 Å². The Balaban J connectivity index is 1.74. The Bertz CT molecular complexity index is 642. The van der Waals surface area contributed by atoms with Crippen molar-refractivity contribution in [3.63, 3.8) is 0 Å². The van der Waals surface area contributed by atoms with E-state index in [1.54, 1.807) is 18.0 Å². The molecule has 0 aromatic heterocycles. The van der Waals surface area contributed by atoms with Crippen LogP contribution in [0.4, 0.5) is 5.69 Å². The van der Waals surface area contributed by atoms with E-state index in [9.17, 15) is 14.4 Å². The fourth-order valence-electron chi connectivity index (χ4n) is 2.92. The Hall–Kier alpha value is -2.37. The first-order valence-corrected chi connectivity index (χ1v) is 7.50. The highest BCUT2D eigenvalue weighted by Gasteiger charge is 2.26. The summed E-state index contributed by atoms with van der Waals surface area (Å²) in [6.07, 6.45) is 1.69. The van der Waals surface area contributed by atoms with Crippen LogP contribution in [-0.4, -0.2) is 42.8 Å². The summed E-state index contributed by atoms with van der Waals surface area (Å²) in [6, 6.07) is 5.44. The Kier molecular flexibility index (Phi) is 3.83. The molecule has 0 aliphatic carbocycles. The number of nitrogens with one attached hydrogen (secondary N) is 2. The van der Waals surface area contributed by atoms with Crippen LogP contribution in [0.25, 0.3) is 0 Å². The quantitative estimate of drug-likeness (QED) is 0.847. The first-order chi connectivity index (χ1) is 10.5. The molecule has 1 atom stereocenters. The van der Waals surface area contributed by atoms with E-state index in [0.29, 0.717) is 30.8 Å². The van der Waals surface area contributed by atoms with Crippen LogP contribution in [-0.2, 0) is 16.0 Å². The lowest BCUT2D eigenvalue weighted by molar-refractivity contribution is -0.129. The van der Waals surface area contributed by atoms with Crippen molar-refractivity contribution in [1.29, 1.82) is 0 Å². The normalized spacial score (nSPS) is 21.1. The lowest BCUT2D eigenvalue weighted by atomic mass is 9.96. The van der Waals surface area contributed by atoms with Gasteiger partial charge in [0, 0.05) is 43.7 Å². The van der Waals surface area contributed by atoms with Gasteiger partial charge in [0.1, 0.15) is 0 Å². The SMILES string of the molecule is CN1CCc2ccc(NC(=O)C3CCNC(=O)C3)cc2C1=O. The fourth-order valence-corrected chi connectivity index (χ4v) is 2.92. The Morgan fingerprint density at radius 3 is 2.95 bits per heavy atom. The van der Waals surface area contributed by atoms with E-state index < -0.39 is 0 Å². The molecule has 1 fully saturated rings. The van der Waals surface area contributed by atoms with Crippen LogP contribution >= 0.6 is 0 Å². The first-order valence-electron chi connectivity index (χ1n) is 7.50. The highest BCUT2D eigenvalue weighted by molar-refractivity contribution is 6.00. The molecule has 0 bridgehead atoms. The number of piperidine rings is 1. The van der Waals surface area contributed by atoms with E-state index in [0.717, 1.165) is 12.0 Å². The van der Waals surface area contributed by atoms with Gasteiger partial charge < -0.3 is 15.5 Å². The first kappa shape index (κ1) is 14.6. The minimum Gasteiger partial charge on any atom is -0.356 e. The number of nitrogens with zero attached hydrogens (tertiary/aromatic N) is 1. The van der Waals surface area contributed by atoms with E-state index >= 15 is 0 Å². The van der Waals surface area contributed by atoms with Gasteiger partial charge in [0.2, 0.25) is 11.8 Å².